The van der Waals surface area contributed by atoms with Crippen LogP contribution in [0.25, 0.3) is 0 Å². The first-order valence-corrected chi connectivity index (χ1v) is 7.62. The van der Waals surface area contributed by atoms with E-state index in [-0.39, 0.29) is 30.4 Å². The number of rotatable bonds is 7. The van der Waals surface area contributed by atoms with E-state index in [4.69, 9.17) is 15.2 Å². The molecule has 0 saturated carbocycles. The van der Waals surface area contributed by atoms with Crippen LogP contribution in [-0.4, -0.2) is 41.0 Å². The molecule has 0 aliphatic heterocycles. The molecule has 8 nitrogen and oxygen atoms in total. The highest BCUT2D eigenvalue weighted by Gasteiger charge is 2.23. The molecule has 5 N–H and O–H groups in total. The number of amides is 1. The number of nitrogen functional groups attached to an aromatic ring is 1. The van der Waals surface area contributed by atoms with E-state index in [1.807, 2.05) is 30.3 Å². The zero-order chi connectivity index (χ0) is 18.2. The molecule has 1 amide bonds. The monoisotopic (exact) mass is 347 g/mol. The normalized spacial score (nSPS) is 12.9. The highest BCUT2D eigenvalue weighted by atomic mass is 16.5. The first-order valence-electron chi connectivity index (χ1n) is 7.62. The summed E-state index contributed by atoms with van der Waals surface area (Å²) in [7, 11) is 1.43. The van der Waals surface area contributed by atoms with E-state index < -0.39 is 18.3 Å². The fourth-order valence-electron chi connectivity index (χ4n) is 2.07. The lowest BCUT2D eigenvalue weighted by atomic mass is 10.1. The third-order valence-corrected chi connectivity index (χ3v) is 3.45. The molecule has 0 radical (unpaired) electrons. The van der Waals surface area contributed by atoms with Crippen LogP contribution >= 0.6 is 0 Å². The van der Waals surface area contributed by atoms with Crippen LogP contribution in [0.2, 0.25) is 0 Å². The van der Waals surface area contributed by atoms with Crippen molar-refractivity contribution in [2.75, 3.05) is 19.4 Å². The lowest BCUT2D eigenvalue weighted by Gasteiger charge is -2.19. The van der Waals surface area contributed by atoms with Gasteiger partial charge >= 0.3 is 6.09 Å². The number of pyridine rings is 1. The predicted octanol–water partition coefficient (Wildman–Crippen LogP) is 0.993. The topological polar surface area (TPSA) is 127 Å². The average molecular weight is 347 g/mol. The van der Waals surface area contributed by atoms with E-state index in [9.17, 15) is 15.0 Å². The Hall–Kier alpha value is -2.84. The van der Waals surface area contributed by atoms with Crippen LogP contribution in [0.4, 0.5) is 10.5 Å². The number of nitrogens with one attached hydrogen (secondary N) is 1. The van der Waals surface area contributed by atoms with E-state index in [0.29, 0.717) is 0 Å². The summed E-state index contributed by atoms with van der Waals surface area (Å²) in [4.78, 5) is 15.7. The van der Waals surface area contributed by atoms with Crippen molar-refractivity contribution >= 4 is 11.8 Å². The third-order valence-electron chi connectivity index (χ3n) is 3.45. The van der Waals surface area contributed by atoms with Gasteiger partial charge in [-0.25, -0.2) is 9.78 Å². The van der Waals surface area contributed by atoms with Gasteiger partial charge < -0.3 is 30.7 Å². The summed E-state index contributed by atoms with van der Waals surface area (Å²) < 4.78 is 9.98. The molecular formula is C17H21N3O5. The smallest absolute Gasteiger partial charge is 0.407 e. The molecule has 0 aliphatic carbocycles. The Morgan fingerprint density at radius 1 is 1.24 bits per heavy atom. The number of aromatic nitrogens is 1. The van der Waals surface area contributed by atoms with Gasteiger partial charge in [0.2, 0.25) is 5.88 Å². The number of aliphatic hydroxyl groups is 2. The Labute approximate surface area is 145 Å². The quantitative estimate of drug-likeness (QED) is 0.588. The van der Waals surface area contributed by atoms with Crippen molar-refractivity contribution in [2.24, 2.45) is 0 Å². The largest absolute Gasteiger partial charge is 0.481 e. The number of benzene rings is 1. The van der Waals surface area contributed by atoms with Gasteiger partial charge in [-0.2, -0.15) is 0 Å². The van der Waals surface area contributed by atoms with Crippen LogP contribution in [0, 0.1) is 0 Å². The van der Waals surface area contributed by atoms with Crippen molar-refractivity contribution < 1.29 is 24.5 Å². The minimum absolute atomic E-state index is 0.0753. The Kier molecular flexibility index (Phi) is 6.55. The Bertz CT molecular complexity index is 696. The first kappa shape index (κ1) is 18.5. The van der Waals surface area contributed by atoms with Crippen LogP contribution in [0.15, 0.2) is 42.5 Å². The first-order chi connectivity index (χ1) is 12.0. The fourth-order valence-corrected chi connectivity index (χ4v) is 2.07. The van der Waals surface area contributed by atoms with E-state index in [1.165, 1.54) is 19.2 Å². The van der Waals surface area contributed by atoms with E-state index in [2.05, 4.69) is 10.3 Å². The molecule has 134 valence electrons. The van der Waals surface area contributed by atoms with E-state index >= 15 is 0 Å². The van der Waals surface area contributed by atoms with Gasteiger partial charge in [0, 0.05) is 12.6 Å². The molecular weight excluding hydrogens is 326 g/mol. The van der Waals surface area contributed by atoms with Crippen molar-refractivity contribution in [3.05, 3.63) is 53.7 Å². The van der Waals surface area contributed by atoms with Gasteiger partial charge in [-0.15, -0.1) is 0 Å². The van der Waals surface area contributed by atoms with Gasteiger partial charge in [0.1, 0.15) is 18.8 Å². The molecule has 1 aromatic heterocycles. The number of carbonyl (C=O) groups is 1. The molecule has 0 bridgehead atoms. The summed E-state index contributed by atoms with van der Waals surface area (Å²) in [6.07, 6.45) is -3.41. The Balaban J connectivity index is 1.84. The summed E-state index contributed by atoms with van der Waals surface area (Å²) in [6, 6.07) is 12.2. The van der Waals surface area contributed by atoms with Gasteiger partial charge in [-0.05, 0) is 11.6 Å². The lowest BCUT2D eigenvalue weighted by molar-refractivity contribution is 0.0161. The number of nitrogens with zero attached hydrogens (tertiary/aromatic N) is 1. The number of aliphatic hydroxyl groups excluding tert-OH is 2. The summed E-state index contributed by atoms with van der Waals surface area (Å²) >= 11 is 0. The average Bonchev–Trinajstić information content (AvgIpc) is 2.65. The Morgan fingerprint density at radius 2 is 1.96 bits per heavy atom. The minimum atomic E-state index is -1.38. The fraction of sp³-hybridized carbons (Fsp3) is 0.294. The second kappa shape index (κ2) is 8.86. The van der Waals surface area contributed by atoms with Crippen molar-refractivity contribution in [3.63, 3.8) is 0 Å². The summed E-state index contributed by atoms with van der Waals surface area (Å²) in [5, 5.41) is 22.6. The van der Waals surface area contributed by atoms with E-state index in [0.717, 1.165) is 5.56 Å². The van der Waals surface area contributed by atoms with Gasteiger partial charge in [0.15, 0.2) is 0 Å². The minimum Gasteiger partial charge on any atom is -0.481 e. The molecule has 2 unspecified atom stereocenters. The number of methoxy groups -OCH3 is 1. The van der Waals surface area contributed by atoms with Crippen molar-refractivity contribution in [1.82, 2.24) is 10.3 Å². The van der Waals surface area contributed by atoms with Gasteiger partial charge in [-0.3, -0.25) is 0 Å². The molecule has 1 heterocycles. The number of nitrogens with two attached hydrogens (primary N) is 1. The lowest BCUT2D eigenvalue weighted by Crippen LogP contribution is -2.36. The molecule has 0 fully saturated rings. The van der Waals surface area contributed by atoms with Gasteiger partial charge in [0.25, 0.3) is 0 Å². The summed E-state index contributed by atoms with van der Waals surface area (Å²) in [6.45, 7) is -0.122. The molecule has 2 rings (SSSR count). The van der Waals surface area contributed by atoms with Gasteiger partial charge in [-0.1, -0.05) is 30.3 Å². The maximum atomic E-state index is 11.7. The number of carbonyl (C=O) groups excluding carboxylic acids is 1. The van der Waals surface area contributed by atoms with Crippen LogP contribution in [0.5, 0.6) is 5.88 Å². The molecule has 0 aliphatic rings. The summed E-state index contributed by atoms with van der Waals surface area (Å²) in [5.41, 5.74) is 6.87. The van der Waals surface area contributed by atoms with Crippen molar-refractivity contribution in [3.8, 4) is 5.88 Å². The van der Waals surface area contributed by atoms with Crippen LogP contribution in [-0.2, 0) is 11.3 Å². The predicted molar refractivity (Wildman–Crippen MR) is 90.8 cm³/mol. The number of anilines is 1. The number of ether oxygens (including phenoxy) is 2. The maximum absolute atomic E-state index is 11.7. The SMILES string of the molecule is COc1ccc(N)c(C(O)C(O)CNC(=O)OCc2ccccc2)n1. The molecule has 0 spiro atoms. The molecule has 0 saturated heterocycles. The number of hydrogen-bond acceptors (Lipinski definition) is 7. The Morgan fingerprint density at radius 3 is 2.64 bits per heavy atom. The molecule has 25 heavy (non-hydrogen) atoms. The van der Waals surface area contributed by atoms with Gasteiger partial charge in [0.05, 0.1) is 18.5 Å². The summed E-state index contributed by atoms with van der Waals surface area (Å²) in [5.74, 6) is 0.255. The third kappa shape index (κ3) is 5.33. The number of alkyl carbamates (subject to hydrolysis) is 1. The van der Waals surface area contributed by atoms with Crippen LogP contribution < -0.4 is 15.8 Å². The van der Waals surface area contributed by atoms with Crippen LogP contribution in [0.3, 0.4) is 0 Å². The molecule has 1 aromatic carbocycles. The van der Waals surface area contributed by atoms with Crippen LogP contribution in [0.1, 0.15) is 17.4 Å². The maximum Gasteiger partial charge on any atom is 0.407 e. The van der Waals surface area contributed by atoms with E-state index in [1.54, 1.807) is 0 Å². The highest BCUT2D eigenvalue weighted by Crippen LogP contribution is 2.23. The van der Waals surface area contributed by atoms with Crippen molar-refractivity contribution in [2.45, 2.75) is 18.8 Å². The zero-order valence-corrected chi connectivity index (χ0v) is 13.8. The molecule has 2 aromatic rings. The number of hydrogen-bond donors (Lipinski definition) is 4. The second-order valence-corrected chi connectivity index (χ2v) is 5.28. The molecule has 8 heteroatoms. The standard InChI is InChI=1S/C17H21N3O5/c1-24-14-8-7-12(18)15(20-14)16(22)13(21)9-19-17(23)25-10-11-5-3-2-4-6-11/h2-8,13,16,21-22H,9-10,18H2,1H3,(H,19,23). The van der Waals surface area contributed by atoms with Crippen molar-refractivity contribution in [1.29, 1.82) is 0 Å². The highest BCUT2D eigenvalue weighted by molar-refractivity contribution is 5.67. The second-order valence-electron chi connectivity index (χ2n) is 5.28. The molecule has 2 atom stereocenters. The zero-order valence-electron chi connectivity index (χ0n) is 13.8.